The van der Waals surface area contributed by atoms with Crippen molar-refractivity contribution < 1.29 is 14.0 Å². The van der Waals surface area contributed by atoms with Crippen molar-refractivity contribution in [1.29, 1.82) is 0 Å². The van der Waals surface area contributed by atoms with Gasteiger partial charge in [0.2, 0.25) is 11.7 Å². The number of benzene rings is 1. The molecule has 6 heteroatoms. The minimum Gasteiger partial charge on any atom is -0.347 e. The van der Waals surface area contributed by atoms with Crippen molar-refractivity contribution in [2.75, 3.05) is 6.61 Å². The van der Waals surface area contributed by atoms with E-state index in [1.54, 1.807) is 0 Å². The van der Waals surface area contributed by atoms with E-state index in [-0.39, 0.29) is 12.6 Å². The van der Waals surface area contributed by atoms with E-state index in [0.717, 1.165) is 11.1 Å². The van der Waals surface area contributed by atoms with Gasteiger partial charge in [-0.2, -0.15) is 4.98 Å². The Bertz CT molecular complexity index is 609. The Morgan fingerprint density at radius 1 is 1.40 bits per heavy atom. The molecular weight excluding hydrogens is 258 g/mol. The second kappa shape index (κ2) is 4.97. The Hall–Kier alpha value is -1.76. The molecule has 2 aromatic rings. The first-order valence-corrected chi connectivity index (χ1v) is 6.52. The number of hydrogen-bond acceptors (Lipinski definition) is 6. The molecule has 1 aromatic heterocycles. The highest BCUT2D eigenvalue weighted by Crippen LogP contribution is 2.33. The summed E-state index contributed by atoms with van der Waals surface area (Å²) in [7, 11) is 0. The van der Waals surface area contributed by atoms with Crippen LogP contribution in [0, 0.1) is 0 Å². The van der Waals surface area contributed by atoms with E-state index in [1.165, 1.54) is 0 Å². The summed E-state index contributed by atoms with van der Waals surface area (Å²) in [6.07, 6.45) is -0.0779. The Morgan fingerprint density at radius 2 is 2.25 bits per heavy atom. The highest BCUT2D eigenvalue weighted by atomic mass is 16.7. The summed E-state index contributed by atoms with van der Waals surface area (Å²) < 4.78 is 16.5. The molecule has 1 saturated heterocycles. The summed E-state index contributed by atoms with van der Waals surface area (Å²) in [4.78, 5) is 4.22. The first-order chi connectivity index (χ1) is 9.57. The van der Waals surface area contributed by atoms with Gasteiger partial charge in [-0.1, -0.05) is 23.4 Å². The number of nitrogens with zero attached hydrogens (tertiary/aromatic N) is 2. The SMILES string of the molecule is CC1(C)OCC(c2cccc(-c3noc(CN)n3)c2)O1. The normalized spacial score (nSPS) is 21.2. The Balaban J connectivity index is 1.86. The Kier molecular flexibility index (Phi) is 3.29. The summed E-state index contributed by atoms with van der Waals surface area (Å²) in [5, 5.41) is 3.92. The van der Waals surface area contributed by atoms with Gasteiger partial charge >= 0.3 is 0 Å². The monoisotopic (exact) mass is 275 g/mol. The maximum absolute atomic E-state index is 5.85. The smallest absolute Gasteiger partial charge is 0.240 e. The van der Waals surface area contributed by atoms with Gasteiger partial charge in [0.1, 0.15) is 6.10 Å². The van der Waals surface area contributed by atoms with Crippen LogP contribution in [-0.2, 0) is 16.0 Å². The summed E-state index contributed by atoms with van der Waals surface area (Å²) in [6, 6.07) is 7.86. The molecule has 1 atom stereocenters. The van der Waals surface area contributed by atoms with Gasteiger partial charge in [0.05, 0.1) is 13.2 Å². The average molecular weight is 275 g/mol. The molecule has 0 bridgehead atoms. The van der Waals surface area contributed by atoms with Crippen molar-refractivity contribution in [1.82, 2.24) is 10.1 Å². The first kappa shape index (κ1) is 13.2. The fourth-order valence-corrected chi connectivity index (χ4v) is 2.18. The van der Waals surface area contributed by atoms with Crippen LogP contribution in [0.25, 0.3) is 11.4 Å². The lowest BCUT2D eigenvalue weighted by molar-refractivity contribution is -0.139. The lowest BCUT2D eigenvalue weighted by atomic mass is 10.1. The molecular formula is C14H17N3O3. The number of ether oxygens (including phenoxy) is 2. The maximum atomic E-state index is 5.85. The van der Waals surface area contributed by atoms with E-state index >= 15 is 0 Å². The van der Waals surface area contributed by atoms with Crippen LogP contribution in [0.15, 0.2) is 28.8 Å². The molecule has 0 amide bonds. The van der Waals surface area contributed by atoms with Crippen LogP contribution >= 0.6 is 0 Å². The summed E-state index contributed by atoms with van der Waals surface area (Å²) in [6.45, 7) is 4.59. The second-order valence-corrected chi connectivity index (χ2v) is 5.16. The van der Waals surface area contributed by atoms with Crippen molar-refractivity contribution in [3.8, 4) is 11.4 Å². The number of nitrogens with two attached hydrogens (primary N) is 1. The van der Waals surface area contributed by atoms with Crippen molar-refractivity contribution in [3.63, 3.8) is 0 Å². The van der Waals surface area contributed by atoms with E-state index < -0.39 is 5.79 Å². The van der Waals surface area contributed by atoms with Gasteiger partial charge in [0.25, 0.3) is 0 Å². The van der Waals surface area contributed by atoms with Crippen molar-refractivity contribution in [2.24, 2.45) is 5.73 Å². The van der Waals surface area contributed by atoms with Crippen LogP contribution in [0.1, 0.15) is 31.4 Å². The molecule has 6 nitrogen and oxygen atoms in total. The van der Waals surface area contributed by atoms with Crippen LogP contribution < -0.4 is 5.73 Å². The maximum Gasteiger partial charge on any atom is 0.240 e. The van der Waals surface area contributed by atoms with Gasteiger partial charge in [0.15, 0.2) is 5.79 Å². The standard InChI is InChI=1S/C14H17N3O3/c1-14(2)18-8-11(19-14)9-4-3-5-10(6-9)13-16-12(7-15)20-17-13/h3-6,11H,7-8,15H2,1-2H3. The third kappa shape index (κ3) is 2.58. The molecule has 1 aliphatic heterocycles. The van der Waals surface area contributed by atoms with Gasteiger partial charge in [-0.05, 0) is 25.5 Å². The van der Waals surface area contributed by atoms with Crippen molar-refractivity contribution in [3.05, 3.63) is 35.7 Å². The molecule has 0 saturated carbocycles. The fourth-order valence-electron chi connectivity index (χ4n) is 2.18. The fraction of sp³-hybridized carbons (Fsp3) is 0.429. The lowest BCUT2D eigenvalue weighted by Gasteiger charge is -2.17. The summed E-state index contributed by atoms with van der Waals surface area (Å²) in [5.41, 5.74) is 7.38. The zero-order chi connectivity index (χ0) is 14.2. The van der Waals surface area contributed by atoms with Crippen LogP contribution in [0.4, 0.5) is 0 Å². The molecule has 2 N–H and O–H groups in total. The second-order valence-electron chi connectivity index (χ2n) is 5.16. The molecule has 0 aliphatic carbocycles. The molecule has 3 rings (SSSR count). The lowest BCUT2D eigenvalue weighted by Crippen LogP contribution is -2.19. The van der Waals surface area contributed by atoms with Gasteiger partial charge in [-0.3, -0.25) is 0 Å². The summed E-state index contributed by atoms with van der Waals surface area (Å²) in [5.74, 6) is 0.414. The highest BCUT2D eigenvalue weighted by molar-refractivity contribution is 5.55. The quantitative estimate of drug-likeness (QED) is 0.922. The van der Waals surface area contributed by atoms with E-state index in [4.69, 9.17) is 19.7 Å². The topological polar surface area (TPSA) is 83.4 Å². The third-order valence-electron chi connectivity index (χ3n) is 3.17. The predicted molar refractivity (Wildman–Crippen MR) is 71.5 cm³/mol. The largest absolute Gasteiger partial charge is 0.347 e. The van der Waals surface area contributed by atoms with Gasteiger partial charge < -0.3 is 19.7 Å². The average Bonchev–Trinajstić information content (AvgIpc) is 3.05. The number of aromatic nitrogens is 2. The van der Waals surface area contributed by atoms with Crippen LogP contribution in [0.5, 0.6) is 0 Å². The van der Waals surface area contributed by atoms with E-state index in [1.807, 2.05) is 38.1 Å². The third-order valence-corrected chi connectivity index (χ3v) is 3.17. The predicted octanol–water partition coefficient (Wildman–Crippen LogP) is 2.02. The number of hydrogen-bond donors (Lipinski definition) is 1. The summed E-state index contributed by atoms with van der Waals surface area (Å²) >= 11 is 0. The molecule has 1 aromatic carbocycles. The van der Waals surface area contributed by atoms with Gasteiger partial charge in [0, 0.05) is 5.56 Å². The van der Waals surface area contributed by atoms with Crippen LogP contribution in [-0.4, -0.2) is 22.5 Å². The van der Waals surface area contributed by atoms with E-state index in [2.05, 4.69) is 10.1 Å². The van der Waals surface area contributed by atoms with Crippen molar-refractivity contribution >= 4 is 0 Å². The zero-order valence-electron chi connectivity index (χ0n) is 11.5. The molecule has 1 fully saturated rings. The molecule has 106 valence electrons. The first-order valence-electron chi connectivity index (χ1n) is 6.52. The van der Waals surface area contributed by atoms with Gasteiger partial charge in [-0.25, -0.2) is 0 Å². The van der Waals surface area contributed by atoms with Crippen molar-refractivity contribution in [2.45, 2.75) is 32.3 Å². The molecule has 0 spiro atoms. The number of rotatable bonds is 3. The molecule has 1 aliphatic rings. The molecule has 0 radical (unpaired) electrons. The molecule has 2 heterocycles. The zero-order valence-corrected chi connectivity index (χ0v) is 11.5. The van der Waals surface area contributed by atoms with Crippen LogP contribution in [0.3, 0.4) is 0 Å². The van der Waals surface area contributed by atoms with E-state index in [9.17, 15) is 0 Å². The van der Waals surface area contributed by atoms with Gasteiger partial charge in [-0.15, -0.1) is 0 Å². The highest BCUT2D eigenvalue weighted by Gasteiger charge is 2.33. The Labute approximate surface area is 116 Å². The van der Waals surface area contributed by atoms with Crippen LogP contribution in [0.2, 0.25) is 0 Å². The minimum absolute atomic E-state index is 0.0779. The molecule has 20 heavy (non-hydrogen) atoms. The minimum atomic E-state index is -0.542. The van der Waals surface area contributed by atoms with E-state index in [0.29, 0.717) is 18.3 Å². The Morgan fingerprint density at radius 3 is 2.90 bits per heavy atom. The molecule has 1 unspecified atom stereocenters.